The van der Waals surface area contributed by atoms with Gasteiger partial charge in [-0.1, -0.05) is 25.2 Å². The standard InChI is InChI=1S/C12H18O/c13-11-7-2-1-4-8-12-9-5-3-6-10-12/h11-12H,1-3,5-7,9-10H2. The van der Waals surface area contributed by atoms with Crippen molar-refractivity contribution in [2.24, 2.45) is 5.92 Å². The maximum Gasteiger partial charge on any atom is 0.120 e. The molecule has 1 rings (SSSR count). The van der Waals surface area contributed by atoms with Gasteiger partial charge in [-0.05, 0) is 19.3 Å². The summed E-state index contributed by atoms with van der Waals surface area (Å²) in [4.78, 5) is 10.0. The summed E-state index contributed by atoms with van der Waals surface area (Å²) in [7, 11) is 0. The van der Waals surface area contributed by atoms with E-state index in [0.29, 0.717) is 12.3 Å². The van der Waals surface area contributed by atoms with Gasteiger partial charge < -0.3 is 4.79 Å². The van der Waals surface area contributed by atoms with Crippen molar-refractivity contribution in [3.8, 4) is 11.8 Å². The third-order valence-corrected chi connectivity index (χ3v) is 2.54. The number of hydrogen-bond acceptors (Lipinski definition) is 1. The molecular weight excluding hydrogens is 160 g/mol. The minimum Gasteiger partial charge on any atom is -0.303 e. The van der Waals surface area contributed by atoms with Crippen LogP contribution in [0.4, 0.5) is 0 Å². The summed E-state index contributed by atoms with van der Waals surface area (Å²) in [5.41, 5.74) is 0. The number of unbranched alkanes of at least 4 members (excludes halogenated alkanes) is 2. The van der Waals surface area contributed by atoms with Crippen molar-refractivity contribution in [1.29, 1.82) is 0 Å². The molecule has 72 valence electrons. The zero-order valence-electron chi connectivity index (χ0n) is 8.22. The molecule has 1 heteroatoms. The van der Waals surface area contributed by atoms with Crippen LogP contribution in [-0.2, 0) is 4.79 Å². The highest BCUT2D eigenvalue weighted by molar-refractivity contribution is 5.49. The molecule has 0 amide bonds. The number of rotatable bonds is 3. The Morgan fingerprint density at radius 1 is 1.23 bits per heavy atom. The molecule has 1 saturated carbocycles. The predicted molar refractivity (Wildman–Crippen MR) is 54.3 cm³/mol. The molecule has 1 aliphatic carbocycles. The van der Waals surface area contributed by atoms with Crippen LogP contribution in [0.3, 0.4) is 0 Å². The molecule has 1 nitrogen and oxygen atoms in total. The Balaban J connectivity index is 2.09. The first-order valence-electron chi connectivity index (χ1n) is 5.35. The second-order valence-corrected chi connectivity index (χ2v) is 3.71. The van der Waals surface area contributed by atoms with Crippen molar-refractivity contribution in [2.45, 2.75) is 51.4 Å². The quantitative estimate of drug-likeness (QED) is 0.369. The van der Waals surface area contributed by atoms with E-state index in [1.165, 1.54) is 32.1 Å². The van der Waals surface area contributed by atoms with Gasteiger partial charge in [-0.15, -0.1) is 5.92 Å². The molecule has 0 saturated heterocycles. The van der Waals surface area contributed by atoms with Crippen molar-refractivity contribution in [3.05, 3.63) is 0 Å². The summed E-state index contributed by atoms with van der Waals surface area (Å²) in [6.07, 6.45) is 10.2. The third kappa shape index (κ3) is 4.72. The fourth-order valence-electron chi connectivity index (χ4n) is 1.74. The second-order valence-electron chi connectivity index (χ2n) is 3.71. The van der Waals surface area contributed by atoms with Crippen LogP contribution in [0.15, 0.2) is 0 Å². The van der Waals surface area contributed by atoms with Gasteiger partial charge in [0, 0.05) is 18.8 Å². The van der Waals surface area contributed by atoms with Crippen molar-refractivity contribution in [3.63, 3.8) is 0 Å². The smallest absolute Gasteiger partial charge is 0.120 e. The maximum absolute atomic E-state index is 10.0. The summed E-state index contributed by atoms with van der Waals surface area (Å²) in [5.74, 6) is 7.15. The summed E-state index contributed by atoms with van der Waals surface area (Å²) in [5, 5.41) is 0. The molecule has 0 bridgehead atoms. The van der Waals surface area contributed by atoms with E-state index in [0.717, 1.165) is 19.1 Å². The molecule has 0 aliphatic heterocycles. The van der Waals surface area contributed by atoms with Gasteiger partial charge in [0.05, 0.1) is 0 Å². The van der Waals surface area contributed by atoms with Gasteiger partial charge in [0.2, 0.25) is 0 Å². The van der Waals surface area contributed by atoms with Crippen LogP contribution in [0.25, 0.3) is 0 Å². The van der Waals surface area contributed by atoms with Gasteiger partial charge in [0.15, 0.2) is 0 Å². The monoisotopic (exact) mass is 178 g/mol. The van der Waals surface area contributed by atoms with Crippen molar-refractivity contribution < 1.29 is 4.79 Å². The Labute approximate surface area is 80.9 Å². The average molecular weight is 178 g/mol. The topological polar surface area (TPSA) is 17.1 Å². The molecule has 1 fully saturated rings. The van der Waals surface area contributed by atoms with E-state index < -0.39 is 0 Å². The number of carbonyl (C=O) groups excluding carboxylic acids is 1. The van der Waals surface area contributed by atoms with Crippen LogP contribution in [0.5, 0.6) is 0 Å². The zero-order valence-corrected chi connectivity index (χ0v) is 8.22. The lowest BCUT2D eigenvalue weighted by atomic mass is 9.90. The lowest BCUT2D eigenvalue weighted by Crippen LogP contribution is -2.02. The Kier molecular flexibility index (Phi) is 5.33. The van der Waals surface area contributed by atoms with Crippen molar-refractivity contribution in [2.75, 3.05) is 0 Å². The maximum atomic E-state index is 10.0. The summed E-state index contributed by atoms with van der Waals surface area (Å²) < 4.78 is 0. The van der Waals surface area contributed by atoms with Gasteiger partial charge in [-0.3, -0.25) is 0 Å². The average Bonchev–Trinajstić information content (AvgIpc) is 2.19. The first kappa shape index (κ1) is 10.3. The normalized spacial score (nSPS) is 17.5. The van der Waals surface area contributed by atoms with Crippen LogP contribution in [-0.4, -0.2) is 6.29 Å². The highest BCUT2D eigenvalue weighted by Gasteiger charge is 2.09. The SMILES string of the molecule is O=CCCCC#CC1CCCCC1. The molecule has 0 radical (unpaired) electrons. The highest BCUT2D eigenvalue weighted by atomic mass is 16.1. The van der Waals surface area contributed by atoms with E-state index in [9.17, 15) is 4.79 Å². The minimum absolute atomic E-state index is 0.657. The van der Waals surface area contributed by atoms with Gasteiger partial charge in [-0.25, -0.2) is 0 Å². The Morgan fingerprint density at radius 3 is 2.69 bits per heavy atom. The van der Waals surface area contributed by atoms with Crippen molar-refractivity contribution >= 4 is 6.29 Å². The molecule has 1 aliphatic rings. The fourth-order valence-corrected chi connectivity index (χ4v) is 1.74. The van der Waals surface area contributed by atoms with Crippen LogP contribution >= 0.6 is 0 Å². The van der Waals surface area contributed by atoms with Gasteiger partial charge in [0.1, 0.15) is 6.29 Å². The molecule has 0 heterocycles. The fraction of sp³-hybridized carbons (Fsp3) is 0.750. The number of aldehydes is 1. The molecule has 0 aromatic carbocycles. The summed E-state index contributed by atoms with van der Waals surface area (Å²) in [6.45, 7) is 0. The highest BCUT2D eigenvalue weighted by Crippen LogP contribution is 2.22. The van der Waals surface area contributed by atoms with Gasteiger partial charge in [0.25, 0.3) is 0 Å². The van der Waals surface area contributed by atoms with Crippen molar-refractivity contribution in [1.82, 2.24) is 0 Å². The third-order valence-electron chi connectivity index (χ3n) is 2.54. The van der Waals surface area contributed by atoms with E-state index in [1.807, 2.05) is 0 Å². The molecule has 0 atom stereocenters. The first-order valence-corrected chi connectivity index (χ1v) is 5.35. The zero-order chi connectivity index (χ0) is 9.36. The lowest BCUT2D eigenvalue weighted by Gasteiger charge is -2.15. The van der Waals surface area contributed by atoms with Crippen LogP contribution in [0, 0.1) is 17.8 Å². The molecular formula is C12H18O. The number of hydrogen-bond donors (Lipinski definition) is 0. The van der Waals surface area contributed by atoms with E-state index in [2.05, 4.69) is 11.8 Å². The molecule has 0 N–H and O–H groups in total. The molecule has 0 unspecified atom stereocenters. The van der Waals surface area contributed by atoms with E-state index in [1.54, 1.807) is 0 Å². The molecule has 0 spiro atoms. The van der Waals surface area contributed by atoms with Crippen LogP contribution < -0.4 is 0 Å². The first-order chi connectivity index (χ1) is 6.43. The second kappa shape index (κ2) is 6.71. The van der Waals surface area contributed by atoms with Crippen LogP contribution in [0.2, 0.25) is 0 Å². The summed E-state index contributed by atoms with van der Waals surface area (Å²) in [6, 6.07) is 0. The Bertz CT molecular complexity index is 191. The van der Waals surface area contributed by atoms with Gasteiger partial charge in [-0.2, -0.15) is 0 Å². The van der Waals surface area contributed by atoms with Crippen LogP contribution in [0.1, 0.15) is 51.4 Å². The van der Waals surface area contributed by atoms with E-state index >= 15 is 0 Å². The van der Waals surface area contributed by atoms with Gasteiger partial charge >= 0.3 is 0 Å². The Morgan fingerprint density at radius 2 is 2.00 bits per heavy atom. The minimum atomic E-state index is 0.657. The molecule has 0 aromatic rings. The lowest BCUT2D eigenvalue weighted by molar-refractivity contribution is -0.107. The molecule has 0 aromatic heterocycles. The summed E-state index contributed by atoms with van der Waals surface area (Å²) >= 11 is 0. The largest absolute Gasteiger partial charge is 0.303 e. The molecule has 13 heavy (non-hydrogen) atoms. The van der Waals surface area contributed by atoms with E-state index in [-0.39, 0.29) is 0 Å². The Hall–Kier alpha value is -0.770. The number of carbonyl (C=O) groups is 1. The predicted octanol–water partition coefficient (Wildman–Crippen LogP) is 2.94. The van der Waals surface area contributed by atoms with E-state index in [4.69, 9.17) is 0 Å².